The van der Waals surface area contributed by atoms with Crippen LogP contribution in [0, 0.1) is 6.92 Å². The van der Waals surface area contributed by atoms with Gasteiger partial charge in [0, 0.05) is 36.4 Å². The molecule has 3 rings (SSSR count). The number of carbonyl (C=O) groups excluding carboxylic acids is 2. The number of benzene rings is 1. The third-order valence-corrected chi connectivity index (χ3v) is 4.41. The van der Waals surface area contributed by atoms with Crippen molar-refractivity contribution in [2.24, 2.45) is 0 Å². The first-order valence-electron chi connectivity index (χ1n) is 9.11. The molecule has 3 aromatic rings. The van der Waals surface area contributed by atoms with E-state index in [4.69, 9.17) is 0 Å². The van der Waals surface area contributed by atoms with E-state index in [1.807, 2.05) is 44.2 Å². The predicted octanol–water partition coefficient (Wildman–Crippen LogP) is 3.53. The highest BCUT2D eigenvalue weighted by molar-refractivity contribution is 6.05. The van der Waals surface area contributed by atoms with Gasteiger partial charge in [0.25, 0.3) is 11.8 Å². The summed E-state index contributed by atoms with van der Waals surface area (Å²) in [5, 5.41) is 5.75. The van der Waals surface area contributed by atoms with E-state index in [0.717, 1.165) is 28.8 Å². The summed E-state index contributed by atoms with van der Waals surface area (Å²) >= 11 is 0. The lowest BCUT2D eigenvalue weighted by molar-refractivity contribution is 0.0950. The molecule has 0 unspecified atom stereocenters. The van der Waals surface area contributed by atoms with Gasteiger partial charge in [0.15, 0.2) is 0 Å². The Morgan fingerprint density at radius 2 is 1.89 bits per heavy atom. The molecule has 1 aromatic carbocycles. The zero-order valence-corrected chi connectivity index (χ0v) is 15.9. The first-order valence-corrected chi connectivity index (χ1v) is 9.11. The van der Waals surface area contributed by atoms with E-state index in [1.54, 1.807) is 18.5 Å². The second-order valence-corrected chi connectivity index (χ2v) is 6.39. The summed E-state index contributed by atoms with van der Waals surface area (Å²) in [5.74, 6) is -0.614. The van der Waals surface area contributed by atoms with Crippen LogP contribution in [0.3, 0.4) is 0 Å². The molecule has 0 atom stereocenters. The van der Waals surface area contributed by atoms with Crippen LogP contribution >= 0.6 is 0 Å². The molecule has 142 valence electrons. The van der Waals surface area contributed by atoms with E-state index in [-0.39, 0.29) is 17.5 Å². The Bertz CT molecular complexity index is 987. The maximum Gasteiger partial charge on any atom is 0.274 e. The van der Waals surface area contributed by atoms with Crippen molar-refractivity contribution in [2.75, 3.05) is 5.32 Å². The predicted molar refractivity (Wildman–Crippen MR) is 108 cm³/mol. The zero-order chi connectivity index (χ0) is 19.9. The van der Waals surface area contributed by atoms with Gasteiger partial charge in [-0.05, 0) is 48.2 Å². The number of aryl methyl sites for hydroxylation is 2. The van der Waals surface area contributed by atoms with Crippen LogP contribution < -0.4 is 10.6 Å². The number of amides is 2. The highest BCUT2D eigenvalue weighted by atomic mass is 16.2. The average Bonchev–Trinajstić information content (AvgIpc) is 2.74. The summed E-state index contributed by atoms with van der Waals surface area (Å²) < 4.78 is 0. The van der Waals surface area contributed by atoms with Crippen molar-refractivity contribution in [2.45, 2.75) is 26.8 Å². The molecule has 28 heavy (non-hydrogen) atoms. The molecule has 0 aliphatic rings. The number of hydrogen-bond donors (Lipinski definition) is 2. The summed E-state index contributed by atoms with van der Waals surface area (Å²) in [7, 11) is 0. The highest BCUT2D eigenvalue weighted by Gasteiger charge is 2.14. The number of nitrogens with zero attached hydrogens (tertiary/aromatic N) is 2. The van der Waals surface area contributed by atoms with Crippen LogP contribution in [-0.4, -0.2) is 21.8 Å². The summed E-state index contributed by atoms with van der Waals surface area (Å²) in [6, 6.07) is 12.7. The fourth-order valence-electron chi connectivity index (χ4n) is 2.86. The molecule has 0 bridgehead atoms. The van der Waals surface area contributed by atoms with Gasteiger partial charge >= 0.3 is 0 Å². The molecule has 0 saturated heterocycles. The van der Waals surface area contributed by atoms with Crippen molar-refractivity contribution in [3.63, 3.8) is 0 Å². The number of nitrogens with one attached hydrogen (secondary N) is 2. The topological polar surface area (TPSA) is 84.0 Å². The minimum atomic E-state index is -0.342. The van der Waals surface area contributed by atoms with Crippen molar-refractivity contribution in [3.05, 3.63) is 89.0 Å². The largest absolute Gasteiger partial charge is 0.348 e. The number of pyridine rings is 2. The van der Waals surface area contributed by atoms with Gasteiger partial charge in [-0.2, -0.15) is 0 Å². The van der Waals surface area contributed by atoms with Gasteiger partial charge in [-0.3, -0.25) is 19.6 Å². The maximum absolute atomic E-state index is 12.7. The van der Waals surface area contributed by atoms with E-state index < -0.39 is 0 Å². The van der Waals surface area contributed by atoms with Crippen molar-refractivity contribution >= 4 is 17.5 Å². The van der Waals surface area contributed by atoms with Crippen molar-refractivity contribution < 1.29 is 9.59 Å². The summed E-state index contributed by atoms with van der Waals surface area (Å²) in [6.45, 7) is 4.35. The van der Waals surface area contributed by atoms with E-state index in [1.165, 1.54) is 12.3 Å². The molecule has 2 aromatic heterocycles. The highest BCUT2D eigenvalue weighted by Crippen LogP contribution is 2.21. The lowest BCUT2D eigenvalue weighted by Gasteiger charge is -2.13. The molecular weight excluding hydrogens is 352 g/mol. The van der Waals surface area contributed by atoms with Crippen LogP contribution in [0.2, 0.25) is 0 Å². The molecule has 0 radical (unpaired) electrons. The summed E-state index contributed by atoms with van der Waals surface area (Å²) in [6.07, 6.45) is 5.64. The van der Waals surface area contributed by atoms with Crippen LogP contribution in [-0.2, 0) is 13.0 Å². The number of anilines is 1. The Labute approximate surface area is 164 Å². The molecule has 0 saturated carbocycles. The molecule has 0 aliphatic carbocycles. The Hall–Kier alpha value is -3.54. The Balaban J connectivity index is 1.72. The van der Waals surface area contributed by atoms with Gasteiger partial charge in [0.1, 0.15) is 5.69 Å². The molecule has 2 heterocycles. The van der Waals surface area contributed by atoms with Crippen LogP contribution in [0.15, 0.2) is 61.1 Å². The van der Waals surface area contributed by atoms with Gasteiger partial charge in [-0.1, -0.05) is 31.2 Å². The summed E-state index contributed by atoms with van der Waals surface area (Å²) in [4.78, 5) is 33.2. The minimum absolute atomic E-state index is 0.194. The van der Waals surface area contributed by atoms with Gasteiger partial charge in [0.2, 0.25) is 0 Å². The van der Waals surface area contributed by atoms with Crippen molar-refractivity contribution in [1.29, 1.82) is 0 Å². The smallest absolute Gasteiger partial charge is 0.274 e. The normalized spacial score (nSPS) is 10.4. The molecule has 0 spiro atoms. The molecule has 2 amide bonds. The van der Waals surface area contributed by atoms with Gasteiger partial charge < -0.3 is 10.6 Å². The number of para-hydroxylation sites is 1. The van der Waals surface area contributed by atoms with Gasteiger partial charge in [-0.25, -0.2) is 0 Å². The van der Waals surface area contributed by atoms with Crippen molar-refractivity contribution in [1.82, 2.24) is 15.3 Å². The fourth-order valence-corrected chi connectivity index (χ4v) is 2.86. The molecule has 0 fully saturated rings. The quantitative estimate of drug-likeness (QED) is 0.691. The second kappa shape index (κ2) is 8.90. The second-order valence-electron chi connectivity index (χ2n) is 6.39. The third-order valence-electron chi connectivity index (χ3n) is 4.41. The number of aromatic nitrogens is 2. The average molecular weight is 374 g/mol. The van der Waals surface area contributed by atoms with E-state index in [9.17, 15) is 9.59 Å². The summed E-state index contributed by atoms with van der Waals surface area (Å²) in [5.41, 5.74) is 4.30. The van der Waals surface area contributed by atoms with Gasteiger partial charge in [0.05, 0.1) is 0 Å². The standard InChI is InChI=1S/C22H22N4O2/c1-3-17-8-4-6-15(2)20(17)26-22(28)19-12-18(9-11-24-19)21(27)25-14-16-7-5-10-23-13-16/h4-13H,3,14H2,1-2H3,(H,25,27)(H,26,28). The first kappa shape index (κ1) is 19.2. The SMILES string of the molecule is CCc1cccc(C)c1NC(=O)c1cc(C(=O)NCc2cccnc2)ccn1. The monoisotopic (exact) mass is 374 g/mol. The molecule has 6 heteroatoms. The Morgan fingerprint density at radius 1 is 1.04 bits per heavy atom. The van der Waals surface area contributed by atoms with E-state index in [0.29, 0.717) is 12.1 Å². The van der Waals surface area contributed by atoms with Gasteiger partial charge in [-0.15, -0.1) is 0 Å². The van der Waals surface area contributed by atoms with E-state index >= 15 is 0 Å². The maximum atomic E-state index is 12.7. The number of hydrogen-bond acceptors (Lipinski definition) is 4. The van der Waals surface area contributed by atoms with Crippen LogP contribution in [0.1, 0.15) is 44.5 Å². The van der Waals surface area contributed by atoms with Crippen LogP contribution in [0.25, 0.3) is 0 Å². The number of rotatable bonds is 6. The van der Waals surface area contributed by atoms with Crippen molar-refractivity contribution in [3.8, 4) is 0 Å². The molecule has 0 aliphatic heterocycles. The zero-order valence-electron chi connectivity index (χ0n) is 15.9. The molecule has 2 N–H and O–H groups in total. The fraction of sp³-hybridized carbons (Fsp3) is 0.182. The van der Waals surface area contributed by atoms with Crippen LogP contribution in [0.4, 0.5) is 5.69 Å². The lowest BCUT2D eigenvalue weighted by atomic mass is 10.1. The minimum Gasteiger partial charge on any atom is -0.348 e. The number of carbonyl (C=O) groups is 2. The lowest BCUT2D eigenvalue weighted by Crippen LogP contribution is -2.24. The van der Waals surface area contributed by atoms with E-state index in [2.05, 4.69) is 20.6 Å². The Morgan fingerprint density at radius 3 is 2.64 bits per heavy atom. The molecular formula is C22H22N4O2. The first-order chi connectivity index (χ1) is 13.6. The van der Waals surface area contributed by atoms with Crippen LogP contribution in [0.5, 0.6) is 0 Å². The molecule has 6 nitrogen and oxygen atoms in total. The third kappa shape index (κ3) is 4.59. The Kier molecular flexibility index (Phi) is 6.11.